The molecule has 2 aromatic rings. The molecular formula is C13H10F3NOS. The van der Waals surface area contributed by atoms with Gasteiger partial charge in [-0.2, -0.15) is 13.2 Å². The summed E-state index contributed by atoms with van der Waals surface area (Å²) < 4.78 is 37.1. The number of hydrogen-bond donors (Lipinski definition) is 0. The summed E-state index contributed by atoms with van der Waals surface area (Å²) in [5, 5.41) is 2.63. The van der Waals surface area contributed by atoms with Crippen LogP contribution in [0.1, 0.15) is 26.6 Å². The molecule has 0 bridgehead atoms. The monoisotopic (exact) mass is 285 g/mol. The fraction of sp³-hybridized carbons (Fsp3) is 0.231. The van der Waals surface area contributed by atoms with Gasteiger partial charge in [-0.25, -0.2) is 4.98 Å². The number of ketones is 1. The van der Waals surface area contributed by atoms with Crippen LogP contribution in [0.5, 0.6) is 0 Å². The molecule has 0 aliphatic heterocycles. The zero-order chi connectivity index (χ0) is 14.0. The summed E-state index contributed by atoms with van der Waals surface area (Å²) >= 11 is 1.44. The van der Waals surface area contributed by atoms with Crippen molar-refractivity contribution in [1.82, 2.24) is 4.98 Å². The first kappa shape index (κ1) is 13.7. The number of thiazole rings is 1. The fourth-order valence-corrected chi connectivity index (χ4v) is 2.21. The van der Waals surface area contributed by atoms with Gasteiger partial charge >= 0.3 is 6.18 Å². The topological polar surface area (TPSA) is 30.0 Å². The first-order chi connectivity index (χ1) is 8.86. The molecule has 6 heteroatoms. The van der Waals surface area contributed by atoms with E-state index in [0.717, 1.165) is 17.1 Å². The van der Waals surface area contributed by atoms with E-state index in [2.05, 4.69) is 4.98 Å². The van der Waals surface area contributed by atoms with Crippen molar-refractivity contribution in [2.75, 3.05) is 0 Å². The molecule has 2 rings (SSSR count). The van der Waals surface area contributed by atoms with Crippen LogP contribution >= 0.6 is 11.3 Å². The maximum atomic E-state index is 12.4. The predicted octanol–water partition coefficient (Wildman–Crippen LogP) is 3.90. The van der Waals surface area contributed by atoms with Gasteiger partial charge in [0, 0.05) is 10.9 Å². The number of carbonyl (C=O) groups is 1. The Kier molecular flexibility index (Phi) is 3.71. The zero-order valence-electron chi connectivity index (χ0n) is 9.99. The number of rotatable bonds is 3. The number of halogens is 3. The molecule has 0 amide bonds. The van der Waals surface area contributed by atoms with Crippen LogP contribution in [0, 0.1) is 6.92 Å². The molecule has 0 radical (unpaired) electrons. The van der Waals surface area contributed by atoms with Crippen molar-refractivity contribution in [1.29, 1.82) is 0 Å². The van der Waals surface area contributed by atoms with Gasteiger partial charge in [0.15, 0.2) is 5.78 Å². The molecule has 0 aliphatic carbocycles. The van der Waals surface area contributed by atoms with Crippen molar-refractivity contribution < 1.29 is 18.0 Å². The van der Waals surface area contributed by atoms with E-state index in [4.69, 9.17) is 0 Å². The summed E-state index contributed by atoms with van der Waals surface area (Å²) in [6, 6.07) is 4.23. The van der Waals surface area contributed by atoms with Crippen molar-refractivity contribution in [3.63, 3.8) is 0 Å². The highest BCUT2D eigenvalue weighted by Crippen LogP contribution is 2.29. The normalized spacial score (nSPS) is 11.6. The number of benzene rings is 1. The minimum absolute atomic E-state index is 0.107. The van der Waals surface area contributed by atoms with Crippen LogP contribution in [0.3, 0.4) is 0 Å². The lowest BCUT2D eigenvalue weighted by molar-refractivity contribution is -0.137. The third kappa shape index (κ3) is 3.41. The summed E-state index contributed by atoms with van der Waals surface area (Å²) in [5.41, 5.74) is 0.152. The Morgan fingerprint density at radius 3 is 2.37 bits per heavy atom. The second-order valence-electron chi connectivity index (χ2n) is 4.03. The smallest absolute Gasteiger partial charge is 0.294 e. The Bertz CT molecular complexity index is 587. The van der Waals surface area contributed by atoms with Crippen LogP contribution < -0.4 is 0 Å². The van der Waals surface area contributed by atoms with Crippen molar-refractivity contribution in [3.05, 3.63) is 51.5 Å². The van der Waals surface area contributed by atoms with E-state index < -0.39 is 11.7 Å². The van der Waals surface area contributed by atoms with Crippen molar-refractivity contribution in [3.8, 4) is 0 Å². The number of alkyl halides is 3. The van der Waals surface area contributed by atoms with Crippen molar-refractivity contribution in [2.24, 2.45) is 0 Å². The summed E-state index contributed by atoms with van der Waals surface area (Å²) in [5.74, 6) is -0.237. The molecule has 1 heterocycles. The lowest BCUT2D eigenvalue weighted by Gasteiger charge is -2.06. The fourth-order valence-electron chi connectivity index (χ4n) is 1.60. The Hall–Kier alpha value is -1.69. The van der Waals surface area contributed by atoms with Gasteiger partial charge in [0.2, 0.25) is 0 Å². The number of hydrogen-bond acceptors (Lipinski definition) is 3. The number of aromatic nitrogens is 1. The molecule has 0 spiro atoms. The molecule has 1 aromatic heterocycles. The van der Waals surface area contributed by atoms with Crippen LogP contribution in [-0.2, 0) is 12.6 Å². The van der Waals surface area contributed by atoms with Crippen LogP contribution in [0.2, 0.25) is 0 Å². The van der Waals surface area contributed by atoms with Gasteiger partial charge in [0.05, 0.1) is 22.7 Å². The van der Waals surface area contributed by atoms with Gasteiger partial charge in [-0.05, 0) is 19.1 Å². The minimum Gasteiger partial charge on any atom is -0.294 e. The predicted molar refractivity (Wildman–Crippen MR) is 66.3 cm³/mol. The molecule has 0 N–H and O–H groups in total. The molecule has 0 unspecified atom stereocenters. The van der Waals surface area contributed by atoms with Crippen LogP contribution in [0.4, 0.5) is 13.2 Å². The summed E-state index contributed by atoms with van der Waals surface area (Å²) in [4.78, 5) is 16.0. The third-order valence-electron chi connectivity index (χ3n) is 2.54. The van der Waals surface area contributed by atoms with Gasteiger partial charge in [-0.3, -0.25) is 4.79 Å². The van der Waals surface area contributed by atoms with Crippen LogP contribution in [-0.4, -0.2) is 10.8 Å². The number of carbonyl (C=O) groups excluding carboxylic acids is 1. The quantitative estimate of drug-likeness (QED) is 0.801. The average Bonchev–Trinajstić information content (AvgIpc) is 2.74. The molecule has 0 fully saturated rings. The highest BCUT2D eigenvalue weighted by Gasteiger charge is 2.30. The largest absolute Gasteiger partial charge is 0.416 e. The van der Waals surface area contributed by atoms with Gasteiger partial charge < -0.3 is 0 Å². The lowest BCUT2D eigenvalue weighted by Crippen LogP contribution is -2.07. The second-order valence-corrected chi connectivity index (χ2v) is 5.10. The highest BCUT2D eigenvalue weighted by atomic mass is 32.1. The molecule has 100 valence electrons. The SMILES string of the molecule is Cc1nc(CC(=O)c2ccc(C(F)(F)F)cc2)cs1. The zero-order valence-corrected chi connectivity index (χ0v) is 10.8. The first-order valence-corrected chi connectivity index (χ1v) is 6.35. The minimum atomic E-state index is -4.38. The van der Waals surface area contributed by atoms with E-state index in [-0.39, 0.29) is 17.8 Å². The second kappa shape index (κ2) is 5.13. The van der Waals surface area contributed by atoms with Crippen molar-refractivity contribution >= 4 is 17.1 Å². The average molecular weight is 285 g/mol. The molecule has 1 aromatic carbocycles. The molecule has 0 saturated carbocycles. The van der Waals surface area contributed by atoms with Crippen LogP contribution in [0.25, 0.3) is 0 Å². The van der Waals surface area contributed by atoms with Gasteiger partial charge in [0.25, 0.3) is 0 Å². The Labute approximate surface area is 111 Å². The first-order valence-electron chi connectivity index (χ1n) is 5.48. The van der Waals surface area contributed by atoms with Crippen LogP contribution in [0.15, 0.2) is 29.6 Å². The molecule has 0 aliphatic rings. The number of aryl methyl sites for hydroxylation is 1. The molecule has 19 heavy (non-hydrogen) atoms. The molecule has 0 saturated heterocycles. The van der Waals surface area contributed by atoms with Gasteiger partial charge in [0.1, 0.15) is 0 Å². The Morgan fingerprint density at radius 2 is 1.89 bits per heavy atom. The number of Topliss-reactive ketones (excluding diaryl/α,β-unsaturated/α-hetero) is 1. The molecule has 0 atom stereocenters. The van der Waals surface area contributed by atoms with Crippen molar-refractivity contribution in [2.45, 2.75) is 19.5 Å². The standard InChI is InChI=1S/C13H10F3NOS/c1-8-17-11(7-19-8)6-12(18)9-2-4-10(5-3-9)13(14,15)16/h2-5,7H,6H2,1H3. The molecular weight excluding hydrogens is 275 g/mol. The maximum absolute atomic E-state index is 12.4. The van der Waals surface area contributed by atoms with E-state index in [1.54, 1.807) is 5.38 Å². The molecule has 2 nitrogen and oxygen atoms in total. The van der Waals surface area contributed by atoms with E-state index in [1.807, 2.05) is 6.92 Å². The Morgan fingerprint density at radius 1 is 1.26 bits per heavy atom. The van der Waals surface area contributed by atoms with E-state index >= 15 is 0 Å². The maximum Gasteiger partial charge on any atom is 0.416 e. The van der Waals surface area contributed by atoms with Gasteiger partial charge in [-0.1, -0.05) is 12.1 Å². The van der Waals surface area contributed by atoms with Gasteiger partial charge in [-0.15, -0.1) is 11.3 Å². The lowest BCUT2D eigenvalue weighted by atomic mass is 10.0. The van der Waals surface area contributed by atoms with E-state index in [1.165, 1.54) is 23.5 Å². The summed E-state index contributed by atoms with van der Waals surface area (Å²) in [6.07, 6.45) is -4.27. The van der Waals surface area contributed by atoms with E-state index in [0.29, 0.717) is 5.69 Å². The van der Waals surface area contributed by atoms with E-state index in [9.17, 15) is 18.0 Å². The summed E-state index contributed by atoms with van der Waals surface area (Å²) in [7, 11) is 0. The summed E-state index contributed by atoms with van der Waals surface area (Å²) in [6.45, 7) is 1.83. The Balaban J connectivity index is 2.12. The highest BCUT2D eigenvalue weighted by molar-refractivity contribution is 7.09. The number of nitrogens with zero attached hydrogens (tertiary/aromatic N) is 1. The third-order valence-corrected chi connectivity index (χ3v) is 3.36.